The Kier molecular flexibility index (Phi) is 3.19. The van der Waals surface area contributed by atoms with Gasteiger partial charge >= 0.3 is 0 Å². The summed E-state index contributed by atoms with van der Waals surface area (Å²) < 4.78 is 2.24. The summed E-state index contributed by atoms with van der Waals surface area (Å²) >= 11 is 0. The largest absolute Gasteiger partial charge is 0.306 e. The predicted molar refractivity (Wildman–Crippen MR) is 88.5 cm³/mol. The maximum Gasteiger partial charge on any atom is 0.164 e. The highest BCUT2D eigenvalue weighted by Crippen LogP contribution is 2.30. The van der Waals surface area contributed by atoms with Crippen molar-refractivity contribution in [2.24, 2.45) is 0 Å². The lowest BCUT2D eigenvalue weighted by Crippen LogP contribution is -2.15. The molecule has 4 heteroatoms. The fraction of sp³-hybridized carbons (Fsp3) is 0.333. The number of aryl methyl sites for hydroxylation is 1. The number of fused-ring (bicyclic) bond motifs is 1. The van der Waals surface area contributed by atoms with Crippen LogP contribution in [0.1, 0.15) is 23.7 Å². The first-order valence-electron chi connectivity index (χ1n) is 7.81. The summed E-state index contributed by atoms with van der Waals surface area (Å²) in [4.78, 5) is 11.9. The van der Waals surface area contributed by atoms with Gasteiger partial charge in [0, 0.05) is 24.3 Å². The van der Waals surface area contributed by atoms with Gasteiger partial charge in [0.25, 0.3) is 0 Å². The van der Waals surface area contributed by atoms with Gasteiger partial charge in [-0.2, -0.15) is 0 Å². The topological polar surface area (TPSA) is 34.0 Å². The van der Waals surface area contributed by atoms with Crippen LogP contribution in [0.3, 0.4) is 0 Å². The molecule has 4 rings (SSSR count). The third-order valence-electron chi connectivity index (χ3n) is 4.46. The van der Waals surface area contributed by atoms with E-state index < -0.39 is 0 Å². The van der Waals surface area contributed by atoms with Crippen LogP contribution in [0.25, 0.3) is 16.9 Å². The lowest BCUT2D eigenvalue weighted by Gasteiger charge is -2.14. The smallest absolute Gasteiger partial charge is 0.164 e. The minimum Gasteiger partial charge on any atom is -0.306 e. The Hall–Kier alpha value is -2.20. The van der Waals surface area contributed by atoms with Gasteiger partial charge in [0.2, 0.25) is 0 Å². The predicted octanol–water partition coefficient (Wildman–Crippen LogP) is 3.15. The number of rotatable bonds is 2. The van der Waals surface area contributed by atoms with Crippen LogP contribution in [0.15, 0.2) is 42.6 Å². The van der Waals surface area contributed by atoms with Crippen LogP contribution in [0.2, 0.25) is 0 Å². The first-order chi connectivity index (χ1) is 10.7. The van der Waals surface area contributed by atoms with Gasteiger partial charge < -0.3 is 4.90 Å². The molecule has 1 saturated heterocycles. The van der Waals surface area contributed by atoms with E-state index >= 15 is 0 Å². The molecular formula is C18H20N4. The molecule has 1 aromatic carbocycles. The second-order valence-electron chi connectivity index (χ2n) is 6.24. The number of pyridine rings is 1. The van der Waals surface area contributed by atoms with Gasteiger partial charge in [0.1, 0.15) is 11.3 Å². The van der Waals surface area contributed by atoms with Crippen molar-refractivity contribution in [3.05, 3.63) is 54.0 Å². The molecule has 1 aliphatic heterocycles. The first kappa shape index (κ1) is 13.5. The van der Waals surface area contributed by atoms with Gasteiger partial charge in [0.05, 0.1) is 0 Å². The van der Waals surface area contributed by atoms with Crippen LogP contribution < -0.4 is 0 Å². The molecule has 0 N–H and O–H groups in total. The Morgan fingerprint density at radius 1 is 1.18 bits per heavy atom. The Balaban J connectivity index is 1.94. The van der Waals surface area contributed by atoms with E-state index in [2.05, 4.69) is 58.8 Å². The molecule has 0 radical (unpaired) electrons. The standard InChI is InChI=1S/C18H20N4/c1-13-5-3-6-15(11-13)22-17(14-8-10-21(2)12-14)20-16-7-4-9-19-18(16)22/h3-7,9,11,14H,8,10,12H2,1-2H3. The molecule has 22 heavy (non-hydrogen) atoms. The Labute approximate surface area is 130 Å². The molecule has 1 aliphatic rings. The quantitative estimate of drug-likeness (QED) is 0.727. The average Bonchev–Trinajstić information content (AvgIpc) is 3.10. The minimum atomic E-state index is 0.472. The van der Waals surface area contributed by atoms with E-state index in [1.54, 1.807) is 0 Å². The molecule has 0 amide bonds. The van der Waals surface area contributed by atoms with E-state index in [4.69, 9.17) is 4.98 Å². The van der Waals surface area contributed by atoms with Crippen LogP contribution in [0.5, 0.6) is 0 Å². The molecule has 2 aromatic heterocycles. The number of hydrogen-bond donors (Lipinski definition) is 0. The zero-order valence-electron chi connectivity index (χ0n) is 13.0. The van der Waals surface area contributed by atoms with E-state index in [1.165, 1.54) is 5.56 Å². The summed E-state index contributed by atoms with van der Waals surface area (Å²) in [6.45, 7) is 4.32. The maximum absolute atomic E-state index is 4.91. The highest BCUT2D eigenvalue weighted by Gasteiger charge is 2.27. The molecule has 3 aromatic rings. The monoisotopic (exact) mass is 292 g/mol. The van der Waals surface area contributed by atoms with Crippen LogP contribution in [0, 0.1) is 6.92 Å². The third-order valence-corrected chi connectivity index (χ3v) is 4.46. The van der Waals surface area contributed by atoms with Crippen molar-refractivity contribution in [2.45, 2.75) is 19.3 Å². The highest BCUT2D eigenvalue weighted by atomic mass is 15.2. The average molecular weight is 292 g/mol. The molecule has 112 valence electrons. The zero-order valence-corrected chi connectivity index (χ0v) is 13.0. The minimum absolute atomic E-state index is 0.472. The zero-order chi connectivity index (χ0) is 15.1. The van der Waals surface area contributed by atoms with Crippen molar-refractivity contribution in [3.8, 4) is 5.69 Å². The summed E-state index contributed by atoms with van der Waals surface area (Å²) in [7, 11) is 2.18. The van der Waals surface area contributed by atoms with Crippen LogP contribution in [0.4, 0.5) is 0 Å². The lowest BCUT2D eigenvalue weighted by atomic mass is 10.1. The molecule has 3 heterocycles. The van der Waals surface area contributed by atoms with Crippen molar-refractivity contribution in [2.75, 3.05) is 20.1 Å². The normalized spacial score (nSPS) is 19.1. The van der Waals surface area contributed by atoms with E-state index in [0.717, 1.165) is 42.2 Å². The van der Waals surface area contributed by atoms with Gasteiger partial charge in [0.15, 0.2) is 5.65 Å². The van der Waals surface area contributed by atoms with Gasteiger partial charge in [-0.25, -0.2) is 9.97 Å². The number of aromatic nitrogens is 3. The van der Waals surface area contributed by atoms with Gasteiger partial charge in [-0.05, 0) is 56.8 Å². The van der Waals surface area contributed by atoms with Crippen LogP contribution in [-0.4, -0.2) is 39.6 Å². The van der Waals surface area contributed by atoms with Crippen molar-refractivity contribution in [1.29, 1.82) is 0 Å². The number of imidazole rings is 1. The molecule has 1 atom stereocenters. The third kappa shape index (κ3) is 2.20. The molecule has 0 spiro atoms. The van der Waals surface area contributed by atoms with Crippen molar-refractivity contribution >= 4 is 11.2 Å². The maximum atomic E-state index is 4.91. The Bertz CT molecular complexity index is 821. The SMILES string of the molecule is Cc1cccc(-n2c(C3CCN(C)C3)nc3cccnc32)c1. The Morgan fingerprint density at radius 3 is 2.86 bits per heavy atom. The number of nitrogens with zero attached hydrogens (tertiary/aromatic N) is 4. The number of benzene rings is 1. The lowest BCUT2D eigenvalue weighted by molar-refractivity contribution is 0.409. The van der Waals surface area contributed by atoms with E-state index in [-0.39, 0.29) is 0 Å². The molecule has 0 saturated carbocycles. The molecule has 4 nitrogen and oxygen atoms in total. The summed E-state index contributed by atoms with van der Waals surface area (Å²) in [6, 6.07) is 12.6. The van der Waals surface area contributed by atoms with Gasteiger partial charge in [-0.3, -0.25) is 4.57 Å². The van der Waals surface area contributed by atoms with E-state index in [1.807, 2.05) is 12.3 Å². The number of likely N-dealkylation sites (N-methyl/N-ethyl adjacent to an activating group) is 1. The second kappa shape index (κ2) is 5.21. The summed E-state index contributed by atoms with van der Waals surface area (Å²) in [6.07, 6.45) is 3.01. The van der Waals surface area contributed by atoms with Crippen LogP contribution >= 0.6 is 0 Å². The highest BCUT2D eigenvalue weighted by molar-refractivity contribution is 5.74. The summed E-state index contributed by atoms with van der Waals surface area (Å²) in [5.74, 6) is 1.61. The van der Waals surface area contributed by atoms with E-state index in [0.29, 0.717) is 5.92 Å². The molecular weight excluding hydrogens is 272 g/mol. The fourth-order valence-electron chi connectivity index (χ4n) is 3.37. The molecule has 0 aliphatic carbocycles. The first-order valence-corrected chi connectivity index (χ1v) is 7.81. The van der Waals surface area contributed by atoms with Gasteiger partial charge in [-0.1, -0.05) is 12.1 Å². The number of likely N-dealkylation sites (tertiary alicyclic amines) is 1. The van der Waals surface area contributed by atoms with Crippen molar-refractivity contribution in [3.63, 3.8) is 0 Å². The summed E-state index contributed by atoms with van der Waals surface area (Å²) in [5, 5.41) is 0. The summed E-state index contributed by atoms with van der Waals surface area (Å²) in [5.41, 5.74) is 4.35. The van der Waals surface area contributed by atoms with Crippen molar-refractivity contribution < 1.29 is 0 Å². The van der Waals surface area contributed by atoms with Gasteiger partial charge in [-0.15, -0.1) is 0 Å². The molecule has 0 bridgehead atoms. The molecule has 1 unspecified atom stereocenters. The Morgan fingerprint density at radius 2 is 2.09 bits per heavy atom. The van der Waals surface area contributed by atoms with E-state index in [9.17, 15) is 0 Å². The second-order valence-corrected chi connectivity index (χ2v) is 6.24. The number of hydrogen-bond acceptors (Lipinski definition) is 3. The molecule has 1 fully saturated rings. The fourth-order valence-corrected chi connectivity index (χ4v) is 3.37. The van der Waals surface area contributed by atoms with Crippen LogP contribution in [-0.2, 0) is 0 Å². The van der Waals surface area contributed by atoms with Crippen molar-refractivity contribution in [1.82, 2.24) is 19.4 Å².